The van der Waals surface area contributed by atoms with Gasteiger partial charge in [0.05, 0.1) is 18.7 Å². The molecule has 0 heterocycles. The van der Waals surface area contributed by atoms with Gasteiger partial charge in [-0.15, -0.1) is 0 Å². The van der Waals surface area contributed by atoms with Crippen LogP contribution in [-0.4, -0.2) is 48.4 Å². The van der Waals surface area contributed by atoms with Crippen LogP contribution in [0.2, 0.25) is 0 Å². The van der Waals surface area contributed by atoms with E-state index in [0.29, 0.717) is 25.7 Å². The Kier molecular flexibility index (Phi) is 50.9. The van der Waals surface area contributed by atoms with Crippen molar-refractivity contribution in [3.05, 3.63) is 0 Å². The molecule has 0 aliphatic heterocycles. The summed E-state index contributed by atoms with van der Waals surface area (Å²) >= 11 is 0. The fourth-order valence-electron chi connectivity index (χ4n) is 1.16. The lowest BCUT2D eigenvalue weighted by Crippen LogP contribution is -2.30. The van der Waals surface area contributed by atoms with E-state index >= 15 is 0 Å². The number of hydrogen-bond donors (Lipinski definition) is 5. The number of rotatable bonds is 12. The molecule has 0 aromatic heterocycles. The highest BCUT2D eigenvalue weighted by molar-refractivity contribution is 5.83. The van der Waals surface area contributed by atoms with Crippen LogP contribution in [0.15, 0.2) is 4.99 Å². The minimum absolute atomic E-state index is 0.0819. The predicted octanol–water partition coefficient (Wildman–Crippen LogP) is 3.66. The molecule has 0 fully saturated rings. The second-order valence-electron chi connectivity index (χ2n) is 7.25. The van der Waals surface area contributed by atoms with Gasteiger partial charge in [-0.2, -0.15) is 0 Å². The van der Waals surface area contributed by atoms with E-state index in [1.54, 1.807) is 0 Å². The van der Waals surface area contributed by atoms with Gasteiger partial charge in [-0.05, 0) is 19.3 Å². The summed E-state index contributed by atoms with van der Waals surface area (Å²) in [6, 6.07) is -1.05. The van der Waals surface area contributed by atoms with Crippen LogP contribution >= 0.6 is 0 Å². The number of nitrogens with zero attached hydrogens (tertiary/aromatic N) is 1. The van der Waals surface area contributed by atoms with Crippen LogP contribution in [0.5, 0.6) is 0 Å². The first kappa shape index (κ1) is 40.8. The Labute approximate surface area is 199 Å². The normalized spacial score (nSPS) is 10.7. The zero-order valence-electron chi connectivity index (χ0n) is 22.2. The highest BCUT2D eigenvalue weighted by Crippen LogP contribution is 2.00. The summed E-state index contributed by atoms with van der Waals surface area (Å²) in [5, 5.41) is 7.98. The summed E-state index contributed by atoms with van der Waals surface area (Å²) in [6.45, 7) is 15.3. The number of nitrogens with two attached hydrogens (primary N) is 4. The topological polar surface area (TPSA) is 171 Å². The second kappa shape index (κ2) is 39.9. The quantitative estimate of drug-likeness (QED) is 0.127. The molecule has 0 aromatic carbocycles. The molecule has 0 saturated carbocycles. The van der Waals surface area contributed by atoms with Gasteiger partial charge in [0.15, 0.2) is 5.96 Å². The predicted molar refractivity (Wildman–Crippen MR) is 141 cm³/mol. The number of carbonyl (C=O) groups excluding carboxylic acids is 2. The molecule has 0 saturated heterocycles. The number of unbranched alkanes of at least 4 members (excludes halogenated alkanes) is 3. The summed E-state index contributed by atoms with van der Waals surface area (Å²) in [5.41, 5.74) is 20.8. The van der Waals surface area contributed by atoms with Gasteiger partial charge < -0.3 is 32.8 Å². The minimum Gasteiger partial charge on any atom is -0.394 e. The van der Waals surface area contributed by atoms with E-state index in [4.69, 9.17) is 28.0 Å². The van der Waals surface area contributed by atoms with Gasteiger partial charge in [0.2, 0.25) is 0 Å². The number of aliphatic hydroxyl groups is 1. The van der Waals surface area contributed by atoms with Crippen molar-refractivity contribution < 1.29 is 14.7 Å². The van der Waals surface area contributed by atoms with Crippen LogP contribution < -0.4 is 22.9 Å². The lowest BCUT2D eigenvalue weighted by molar-refractivity contribution is -0.120. The van der Waals surface area contributed by atoms with E-state index < -0.39 is 6.04 Å². The molecular weight excluding hydrogens is 406 g/mol. The van der Waals surface area contributed by atoms with Gasteiger partial charge in [0.25, 0.3) is 0 Å². The van der Waals surface area contributed by atoms with Crippen molar-refractivity contribution in [2.24, 2.45) is 27.9 Å². The van der Waals surface area contributed by atoms with Crippen molar-refractivity contribution in [2.75, 3.05) is 13.2 Å². The van der Waals surface area contributed by atoms with E-state index in [1.807, 2.05) is 6.92 Å². The Hall–Kier alpha value is -1.51. The maximum Gasteiger partial charge on any atom is 0.185 e. The maximum absolute atomic E-state index is 11.3. The lowest BCUT2D eigenvalue weighted by Gasteiger charge is -2.08. The van der Waals surface area contributed by atoms with Crippen molar-refractivity contribution >= 4 is 18.0 Å². The first-order valence-electron chi connectivity index (χ1n) is 12.3. The molecule has 0 aliphatic rings. The molecule has 0 amide bonds. The fourth-order valence-corrected chi connectivity index (χ4v) is 1.16. The largest absolute Gasteiger partial charge is 0.394 e. The Balaban J connectivity index is -0.000000111. The number of carbonyl (C=O) groups is 2. The smallest absolute Gasteiger partial charge is 0.185 e. The molecule has 9 N–H and O–H groups in total. The highest BCUT2D eigenvalue weighted by atomic mass is 16.3. The summed E-state index contributed by atoms with van der Waals surface area (Å²) in [5.74, 6) is 0.204. The summed E-state index contributed by atoms with van der Waals surface area (Å²) in [4.78, 5) is 24.5. The van der Waals surface area contributed by atoms with Crippen molar-refractivity contribution in [1.82, 2.24) is 0 Å². The minimum atomic E-state index is -0.690. The maximum atomic E-state index is 11.3. The SMILES string of the molecule is CCCC.CCCC.CCCC.CCCC(=O)[C@@H](N)CCCN=C(N)N.N[C@@H](C=O)CO. The van der Waals surface area contributed by atoms with Gasteiger partial charge >= 0.3 is 0 Å². The highest BCUT2D eigenvalue weighted by Gasteiger charge is 2.10. The van der Waals surface area contributed by atoms with Gasteiger partial charge in [-0.3, -0.25) is 9.79 Å². The molecular formula is C24H57N5O3. The zero-order valence-corrected chi connectivity index (χ0v) is 22.2. The van der Waals surface area contributed by atoms with E-state index in [-0.39, 0.29) is 24.4 Å². The van der Waals surface area contributed by atoms with E-state index in [1.165, 1.54) is 38.5 Å². The first-order valence-corrected chi connectivity index (χ1v) is 12.3. The third-order valence-electron chi connectivity index (χ3n) is 3.76. The van der Waals surface area contributed by atoms with Gasteiger partial charge in [-0.1, -0.05) is 87.0 Å². The Morgan fingerprint density at radius 3 is 1.47 bits per heavy atom. The molecule has 8 heteroatoms. The number of aliphatic imine (C=N–C) groups is 1. The lowest BCUT2D eigenvalue weighted by atomic mass is 10.0. The van der Waals surface area contributed by atoms with Crippen molar-refractivity contribution in [3.8, 4) is 0 Å². The van der Waals surface area contributed by atoms with Crippen molar-refractivity contribution in [3.63, 3.8) is 0 Å². The van der Waals surface area contributed by atoms with Crippen LogP contribution in [0.1, 0.15) is 113 Å². The van der Waals surface area contributed by atoms with Crippen LogP contribution in [0.3, 0.4) is 0 Å². The van der Waals surface area contributed by atoms with Crippen LogP contribution in [0.25, 0.3) is 0 Å². The van der Waals surface area contributed by atoms with Crippen LogP contribution in [0, 0.1) is 0 Å². The molecule has 32 heavy (non-hydrogen) atoms. The molecule has 0 rings (SSSR count). The number of hydrogen-bond acceptors (Lipinski definition) is 6. The third kappa shape index (κ3) is 56.7. The monoisotopic (exact) mass is 463 g/mol. The zero-order chi connectivity index (χ0) is 26.2. The van der Waals surface area contributed by atoms with Crippen LogP contribution in [0.4, 0.5) is 0 Å². The summed E-state index contributed by atoms with van der Waals surface area (Å²) in [6.07, 6.45) is 11.2. The average molecular weight is 464 g/mol. The number of ketones is 1. The third-order valence-corrected chi connectivity index (χ3v) is 3.76. The van der Waals surface area contributed by atoms with E-state index in [9.17, 15) is 9.59 Å². The van der Waals surface area contributed by atoms with Crippen molar-refractivity contribution in [1.29, 1.82) is 0 Å². The Morgan fingerprint density at radius 1 is 0.844 bits per heavy atom. The average Bonchev–Trinajstić information content (AvgIpc) is 2.81. The fraction of sp³-hybridized carbons (Fsp3) is 0.875. The molecule has 8 nitrogen and oxygen atoms in total. The standard InChI is InChI=1S/C9H20N4O.3C4H10.C3H7NO2/c1-2-4-8(14)7(10)5-3-6-13-9(11)12;3*1-3-4-2;4-3(1-5)2-6/h7H,2-6,10H2,1H3,(H4,11,12,13);3*3-4H2,1-2H3;1,3,6H,2,4H2/t7-;;;;3-/m0...0/s1. The Morgan fingerprint density at radius 2 is 1.25 bits per heavy atom. The molecule has 0 aromatic rings. The Bertz CT molecular complexity index is 361. The molecule has 0 unspecified atom stereocenters. The van der Waals surface area contributed by atoms with Crippen LogP contribution in [-0.2, 0) is 9.59 Å². The molecule has 196 valence electrons. The van der Waals surface area contributed by atoms with Gasteiger partial charge in [-0.25, -0.2) is 0 Å². The molecule has 0 aliphatic carbocycles. The van der Waals surface area contributed by atoms with E-state index in [0.717, 1.165) is 12.8 Å². The van der Waals surface area contributed by atoms with Gasteiger partial charge in [0.1, 0.15) is 12.1 Å². The molecule has 0 bridgehead atoms. The number of aldehydes is 1. The summed E-state index contributed by atoms with van der Waals surface area (Å²) < 4.78 is 0. The summed E-state index contributed by atoms with van der Waals surface area (Å²) in [7, 11) is 0. The number of Topliss-reactive ketones (excluding diaryl/α,β-unsaturated/α-hetero) is 1. The molecule has 0 spiro atoms. The molecule has 0 radical (unpaired) electrons. The molecule has 2 atom stereocenters. The van der Waals surface area contributed by atoms with Crippen molar-refractivity contribution in [2.45, 2.75) is 125 Å². The number of guanidine groups is 1. The number of aliphatic hydroxyl groups excluding tert-OH is 1. The second-order valence-corrected chi connectivity index (χ2v) is 7.25. The van der Waals surface area contributed by atoms with E-state index in [2.05, 4.69) is 46.5 Å². The van der Waals surface area contributed by atoms with Gasteiger partial charge in [0, 0.05) is 13.0 Å². The first-order chi connectivity index (χ1) is 15.1.